The second-order valence-corrected chi connectivity index (χ2v) is 7.70. The van der Waals surface area contributed by atoms with E-state index in [-0.39, 0.29) is 0 Å². The van der Waals surface area contributed by atoms with E-state index in [1.165, 1.54) is 44.5 Å². The van der Waals surface area contributed by atoms with Crippen LogP contribution in [0, 0.1) is 0 Å². The molecule has 2 aliphatic rings. The maximum Gasteiger partial charge on any atom is 0.140 e. The van der Waals surface area contributed by atoms with E-state index >= 15 is 0 Å². The first kappa shape index (κ1) is 17.7. The second kappa shape index (κ2) is 8.31. The third-order valence-corrected chi connectivity index (χ3v) is 5.82. The molecule has 2 fully saturated rings. The lowest BCUT2D eigenvalue weighted by Crippen LogP contribution is -2.45. The average molecular weight is 354 g/mol. The van der Waals surface area contributed by atoms with Gasteiger partial charge in [-0.25, -0.2) is 0 Å². The maximum atomic E-state index is 5.58. The highest BCUT2D eigenvalue weighted by molar-refractivity contribution is 5.14. The molecular formula is C21H30N4O. The summed E-state index contributed by atoms with van der Waals surface area (Å²) in [4.78, 5) is 9.65. The van der Waals surface area contributed by atoms with Gasteiger partial charge in [0, 0.05) is 49.4 Å². The Morgan fingerprint density at radius 2 is 2.00 bits per heavy atom. The number of hydrogen-bond acceptors (Lipinski definition) is 5. The van der Waals surface area contributed by atoms with Crippen LogP contribution in [0.25, 0.3) is 0 Å². The molecule has 1 aliphatic heterocycles. The largest absolute Gasteiger partial charge is 0.361 e. The molecule has 0 aromatic carbocycles. The molecule has 0 amide bonds. The van der Waals surface area contributed by atoms with E-state index in [0.29, 0.717) is 12.0 Å². The van der Waals surface area contributed by atoms with Gasteiger partial charge >= 0.3 is 0 Å². The topological polar surface area (TPSA) is 45.4 Å². The molecule has 1 saturated heterocycles. The Morgan fingerprint density at radius 3 is 2.69 bits per heavy atom. The summed E-state index contributed by atoms with van der Waals surface area (Å²) >= 11 is 0. The molecule has 2 aromatic heterocycles. The van der Waals surface area contributed by atoms with Crippen LogP contribution in [0.5, 0.6) is 0 Å². The first-order chi connectivity index (χ1) is 12.8. The molecule has 4 rings (SSSR count). The molecule has 0 bridgehead atoms. The summed E-state index contributed by atoms with van der Waals surface area (Å²) in [5.74, 6) is 1.72. The molecule has 2 aromatic rings. The molecular weight excluding hydrogens is 324 g/mol. The molecule has 0 spiro atoms. The SMILES string of the molecule is CCN1CCC(N(CCc2ccccn2)Cc2cc(C3CC3)on2)CC1. The van der Waals surface area contributed by atoms with Gasteiger partial charge < -0.3 is 9.42 Å². The summed E-state index contributed by atoms with van der Waals surface area (Å²) in [6, 6.07) is 9.00. The van der Waals surface area contributed by atoms with Gasteiger partial charge in [0.15, 0.2) is 0 Å². The van der Waals surface area contributed by atoms with Crippen LogP contribution in [0.3, 0.4) is 0 Å². The standard InChI is InChI=1S/C21H30N4O/c1-2-24-12-9-20(10-13-24)25(14-8-18-5-3-4-11-22-18)16-19-15-21(26-23-19)17-6-7-17/h3-5,11,15,17,20H,2,6-10,12-14,16H2,1H3. The van der Waals surface area contributed by atoms with E-state index in [4.69, 9.17) is 4.52 Å². The van der Waals surface area contributed by atoms with Crippen LogP contribution in [-0.4, -0.2) is 52.2 Å². The smallest absolute Gasteiger partial charge is 0.140 e. The fourth-order valence-electron chi connectivity index (χ4n) is 3.97. The number of nitrogens with zero attached hydrogens (tertiary/aromatic N) is 4. The lowest BCUT2D eigenvalue weighted by Gasteiger charge is -2.38. The normalized spacial score (nSPS) is 19.3. The van der Waals surface area contributed by atoms with Gasteiger partial charge in [-0.3, -0.25) is 9.88 Å². The van der Waals surface area contributed by atoms with Crippen LogP contribution in [0.15, 0.2) is 35.0 Å². The summed E-state index contributed by atoms with van der Waals surface area (Å²) in [5, 5.41) is 4.36. The predicted octanol–water partition coefficient (Wildman–Crippen LogP) is 3.48. The number of aromatic nitrogens is 2. The van der Waals surface area contributed by atoms with Crippen molar-refractivity contribution in [3.63, 3.8) is 0 Å². The van der Waals surface area contributed by atoms with Crippen molar-refractivity contribution >= 4 is 0 Å². The minimum Gasteiger partial charge on any atom is -0.361 e. The fourth-order valence-corrected chi connectivity index (χ4v) is 3.97. The van der Waals surface area contributed by atoms with Crippen molar-refractivity contribution in [3.05, 3.63) is 47.6 Å². The molecule has 0 atom stereocenters. The Bertz CT molecular complexity index is 674. The van der Waals surface area contributed by atoms with Crippen molar-refractivity contribution in [1.82, 2.24) is 19.9 Å². The fraction of sp³-hybridized carbons (Fsp3) is 0.619. The van der Waals surface area contributed by atoms with Crippen LogP contribution >= 0.6 is 0 Å². The third kappa shape index (κ3) is 4.51. The number of rotatable bonds is 8. The average Bonchev–Trinajstić information content (AvgIpc) is 3.45. The van der Waals surface area contributed by atoms with Gasteiger partial charge in [0.2, 0.25) is 0 Å². The van der Waals surface area contributed by atoms with Gasteiger partial charge in [0.25, 0.3) is 0 Å². The van der Waals surface area contributed by atoms with Gasteiger partial charge in [-0.1, -0.05) is 18.1 Å². The Labute approximate surface area is 156 Å². The number of likely N-dealkylation sites (tertiary alicyclic amines) is 1. The van der Waals surface area contributed by atoms with Crippen LogP contribution in [-0.2, 0) is 13.0 Å². The van der Waals surface area contributed by atoms with Gasteiger partial charge in [0.05, 0.1) is 5.69 Å². The van der Waals surface area contributed by atoms with Crippen LogP contribution < -0.4 is 0 Å². The first-order valence-electron chi connectivity index (χ1n) is 10.1. The van der Waals surface area contributed by atoms with Crippen molar-refractivity contribution in [2.75, 3.05) is 26.2 Å². The molecule has 26 heavy (non-hydrogen) atoms. The van der Waals surface area contributed by atoms with Crippen molar-refractivity contribution < 1.29 is 4.52 Å². The Hall–Kier alpha value is -1.72. The van der Waals surface area contributed by atoms with Crippen molar-refractivity contribution in [2.45, 2.75) is 57.5 Å². The summed E-state index contributed by atoms with van der Waals surface area (Å²) < 4.78 is 5.58. The summed E-state index contributed by atoms with van der Waals surface area (Å²) in [6.45, 7) is 7.74. The molecule has 1 saturated carbocycles. The predicted molar refractivity (Wildman–Crippen MR) is 102 cm³/mol. The zero-order valence-corrected chi connectivity index (χ0v) is 15.8. The number of pyridine rings is 1. The molecule has 0 radical (unpaired) electrons. The highest BCUT2D eigenvalue weighted by Gasteiger charge is 2.29. The summed E-state index contributed by atoms with van der Waals surface area (Å²) in [6.07, 6.45) is 7.87. The molecule has 5 nitrogen and oxygen atoms in total. The highest BCUT2D eigenvalue weighted by atomic mass is 16.5. The van der Waals surface area contributed by atoms with E-state index < -0.39 is 0 Å². The zero-order valence-electron chi connectivity index (χ0n) is 15.8. The maximum absolute atomic E-state index is 5.58. The Kier molecular flexibility index (Phi) is 5.65. The minimum atomic E-state index is 0.627. The van der Waals surface area contributed by atoms with Gasteiger partial charge in [-0.05, 0) is 57.5 Å². The molecule has 3 heterocycles. The van der Waals surface area contributed by atoms with Gasteiger partial charge in [-0.15, -0.1) is 0 Å². The van der Waals surface area contributed by atoms with Gasteiger partial charge in [0.1, 0.15) is 5.76 Å². The molecule has 5 heteroatoms. The monoisotopic (exact) mass is 354 g/mol. The van der Waals surface area contributed by atoms with E-state index in [1.54, 1.807) is 0 Å². The second-order valence-electron chi connectivity index (χ2n) is 7.70. The first-order valence-corrected chi connectivity index (χ1v) is 10.1. The van der Waals surface area contributed by atoms with Crippen LogP contribution in [0.4, 0.5) is 0 Å². The van der Waals surface area contributed by atoms with E-state index in [1.807, 2.05) is 12.3 Å². The summed E-state index contributed by atoms with van der Waals surface area (Å²) in [5.41, 5.74) is 2.26. The lowest BCUT2D eigenvalue weighted by molar-refractivity contribution is 0.104. The molecule has 0 N–H and O–H groups in total. The van der Waals surface area contributed by atoms with Crippen LogP contribution in [0.2, 0.25) is 0 Å². The quantitative estimate of drug-likeness (QED) is 0.726. The zero-order chi connectivity index (χ0) is 17.8. The van der Waals surface area contributed by atoms with Crippen molar-refractivity contribution in [3.8, 4) is 0 Å². The lowest BCUT2D eigenvalue weighted by atomic mass is 10.0. The minimum absolute atomic E-state index is 0.627. The molecule has 1 aliphatic carbocycles. The van der Waals surface area contributed by atoms with Crippen LogP contribution in [0.1, 0.15) is 55.7 Å². The molecule has 140 valence electrons. The van der Waals surface area contributed by atoms with E-state index in [0.717, 1.165) is 37.5 Å². The van der Waals surface area contributed by atoms with Crippen molar-refractivity contribution in [1.29, 1.82) is 0 Å². The Balaban J connectivity index is 1.41. The van der Waals surface area contributed by atoms with Crippen molar-refractivity contribution in [2.24, 2.45) is 0 Å². The Morgan fingerprint density at radius 1 is 1.15 bits per heavy atom. The highest BCUT2D eigenvalue weighted by Crippen LogP contribution is 2.40. The third-order valence-electron chi connectivity index (χ3n) is 5.82. The van der Waals surface area contributed by atoms with E-state index in [9.17, 15) is 0 Å². The number of piperidine rings is 1. The summed E-state index contributed by atoms with van der Waals surface area (Å²) in [7, 11) is 0. The number of hydrogen-bond donors (Lipinski definition) is 0. The molecule has 0 unspecified atom stereocenters. The van der Waals surface area contributed by atoms with Gasteiger partial charge in [-0.2, -0.15) is 0 Å². The van der Waals surface area contributed by atoms with E-state index in [2.05, 4.69) is 45.1 Å².